The first-order chi connectivity index (χ1) is 17.7. The smallest absolute Gasteiger partial charge is 0.261 e. The topological polar surface area (TPSA) is 117 Å². The van der Waals surface area contributed by atoms with Gasteiger partial charge in [0.25, 0.3) is 10.0 Å². The van der Waals surface area contributed by atoms with Crippen LogP contribution in [-0.2, 0) is 39.0 Å². The lowest BCUT2D eigenvalue weighted by Crippen LogP contribution is -2.17. The lowest BCUT2D eigenvalue weighted by atomic mass is 10.0. The molecule has 198 valence electrons. The Kier molecular flexibility index (Phi) is 9.87. The molecule has 3 rings (SSSR count). The Morgan fingerprint density at radius 2 is 1.57 bits per heavy atom. The summed E-state index contributed by atoms with van der Waals surface area (Å²) in [6.07, 6.45) is 2.84. The number of anilines is 1. The molecule has 3 aromatic rings. The highest BCUT2D eigenvalue weighted by Gasteiger charge is 2.15. The molecule has 0 saturated heterocycles. The Balaban J connectivity index is 1.52. The first kappa shape index (κ1) is 27.9. The second-order valence-corrected chi connectivity index (χ2v) is 10.1. The number of unbranched alkanes of at least 4 members (excludes halogenated alkanes) is 1. The molecule has 0 fully saturated rings. The number of carbonyl (C=O) groups excluding carboxylic acids is 1. The standard InChI is InChI=1S/C27H31FN2O6S/c1-34-25-14-10-22(16-26(25)35-2)30-37(32,33)23-11-7-19(8-12-23)5-3-4-6-21-15-20(9-13-24(21)28)17-36-18-27(29)31/h7-16,30H,3-6,17-18H2,1-2H3,(H2,29,31). The van der Waals surface area contributed by atoms with Gasteiger partial charge < -0.3 is 19.9 Å². The molecular formula is C27H31FN2O6S. The van der Waals surface area contributed by atoms with E-state index in [-0.39, 0.29) is 23.9 Å². The van der Waals surface area contributed by atoms with Crippen LogP contribution < -0.4 is 19.9 Å². The lowest BCUT2D eigenvalue weighted by Gasteiger charge is -2.12. The van der Waals surface area contributed by atoms with Crippen molar-refractivity contribution in [2.45, 2.75) is 37.2 Å². The van der Waals surface area contributed by atoms with Gasteiger partial charge in [-0.25, -0.2) is 12.8 Å². The van der Waals surface area contributed by atoms with E-state index < -0.39 is 15.9 Å². The van der Waals surface area contributed by atoms with E-state index in [9.17, 15) is 17.6 Å². The monoisotopic (exact) mass is 530 g/mol. The predicted molar refractivity (Wildman–Crippen MR) is 139 cm³/mol. The molecule has 0 aromatic heterocycles. The van der Waals surface area contributed by atoms with Gasteiger partial charge in [-0.3, -0.25) is 9.52 Å². The fourth-order valence-electron chi connectivity index (χ4n) is 3.77. The molecule has 0 unspecified atom stereocenters. The molecule has 0 bridgehead atoms. The summed E-state index contributed by atoms with van der Waals surface area (Å²) in [5.41, 5.74) is 7.76. The number of methoxy groups -OCH3 is 2. The number of hydrogen-bond acceptors (Lipinski definition) is 6. The van der Waals surface area contributed by atoms with E-state index in [1.807, 2.05) is 0 Å². The van der Waals surface area contributed by atoms with Crippen LogP contribution in [0.4, 0.5) is 10.1 Å². The Hall–Kier alpha value is -3.63. The highest BCUT2D eigenvalue weighted by molar-refractivity contribution is 7.92. The first-order valence-electron chi connectivity index (χ1n) is 11.7. The molecule has 0 aliphatic carbocycles. The fraction of sp³-hybridized carbons (Fsp3) is 0.296. The first-order valence-corrected chi connectivity index (χ1v) is 13.2. The number of sulfonamides is 1. The number of hydrogen-bond donors (Lipinski definition) is 2. The maximum atomic E-state index is 14.2. The van der Waals surface area contributed by atoms with Gasteiger partial charge in [0.2, 0.25) is 5.91 Å². The number of halogens is 1. The summed E-state index contributed by atoms with van der Waals surface area (Å²) < 4.78 is 57.9. The molecular weight excluding hydrogens is 499 g/mol. The summed E-state index contributed by atoms with van der Waals surface area (Å²) in [6, 6.07) is 16.2. The molecule has 8 nitrogen and oxygen atoms in total. The molecule has 0 saturated carbocycles. The number of carbonyl (C=O) groups is 1. The molecule has 37 heavy (non-hydrogen) atoms. The second kappa shape index (κ2) is 13.1. The zero-order valence-electron chi connectivity index (χ0n) is 20.8. The highest BCUT2D eigenvalue weighted by atomic mass is 32.2. The summed E-state index contributed by atoms with van der Waals surface area (Å²) in [7, 11) is -0.796. The second-order valence-electron chi connectivity index (χ2n) is 8.41. The molecule has 0 atom stereocenters. The molecule has 0 spiro atoms. The van der Waals surface area contributed by atoms with Gasteiger partial charge in [0.1, 0.15) is 12.4 Å². The van der Waals surface area contributed by atoms with Crippen LogP contribution >= 0.6 is 0 Å². The number of benzene rings is 3. The van der Waals surface area contributed by atoms with Crippen LogP contribution in [0.25, 0.3) is 0 Å². The Morgan fingerprint density at radius 3 is 2.24 bits per heavy atom. The van der Waals surface area contributed by atoms with Crippen LogP contribution in [0.1, 0.15) is 29.5 Å². The van der Waals surface area contributed by atoms with Crippen LogP contribution in [0.2, 0.25) is 0 Å². The number of nitrogens with two attached hydrogens (primary N) is 1. The van der Waals surface area contributed by atoms with Crippen molar-refractivity contribution in [1.29, 1.82) is 0 Å². The molecule has 3 N–H and O–H groups in total. The van der Waals surface area contributed by atoms with Crippen molar-refractivity contribution in [2.24, 2.45) is 5.73 Å². The minimum absolute atomic E-state index is 0.142. The molecule has 1 amide bonds. The van der Waals surface area contributed by atoms with E-state index in [0.717, 1.165) is 30.4 Å². The maximum absolute atomic E-state index is 14.2. The normalized spacial score (nSPS) is 11.2. The highest BCUT2D eigenvalue weighted by Crippen LogP contribution is 2.30. The van der Waals surface area contributed by atoms with Crippen molar-refractivity contribution in [3.05, 3.63) is 83.2 Å². The average Bonchev–Trinajstić information content (AvgIpc) is 2.88. The van der Waals surface area contributed by atoms with E-state index in [0.29, 0.717) is 29.2 Å². The molecule has 0 aliphatic heterocycles. The molecule has 0 aliphatic rings. The van der Waals surface area contributed by atoms with Crippen molar-refractivity contribution in [3.63, 3.8) is 0 Å². The van der Waals surface area contributed by atoms with Gasteiger partial charge in [-0.2, -0.15) is 0 Å². The van der Waals surface area contributed by atoms with E-state index in [2.05, 4.69) is 4.72 Å². The minimum Gasteiger partial charge on any atom is -0.493 e. The Bertz CT molecular complexity index is 1310. The van der Waals surface area contributed by atoms with Gasteiger partial charge in [0, 0.05) is 6.07 Å². The van der Waals surface area contributed by atoms with Gasteiger partial charge in [0.15, 0.2) is 11.5 Å². The van der Waals surface area contributed by atoms with Crippen LogP contribution in [0.5, 0.6) is 11.5 Å². The number of rotatable bonds is 14. The van der Waals surface area contributed by atoms with Crippen molar-refractivity contribution >= 4 is 21.6 Å². The SMILES string of the molecule is COc1ccc(NS(=O)(=O)c2ccc(CCCCc3cc(COCC(N)=O)ccc3F)cc2)cc1OC. The predicted octanol–water partition coefficient (Wildman–Crippen LogP) is 4.21. The van der Waals surface area contributed by atoms with Crippen LogP contribution in [0.3, 0.4) is 0 Å². The number of amides is 1. The van der Waals surface area contributed by atoms with Gasteiger partial charge in [-0.15, -0.1) is 0 Å². The number of ether oxygens (including phenoxy) is 3. The lowest BCUT2D eigenvalue weighted by molar-refractivity contribution is -0.122. The van der Waals surface area contributed by atoms with Crippen molar-refractivity contribution < 1.29 is 31.8 Å². The molecule has 0 heterocycles. The third-order valence-corrected chi connectivity index (χ3v) is 7.05. The summed E-state index contributed by atoms with van der Waals surface area (Å²) >= 11 is 0. The summed E-state index contributed by atoms with van der Waals surface area (Å²) in [4.78, 5) is 10.9. The Morgan fingerprint density at radius 1 is 0.892 bits per heavy atom. The van der Waals surface area contributed by atoms with Crippen LogP contribution in [0.15, 0.2) is 65.6 Å². The number of aryl methyl sites for hydroxylation is 2. The van der Waals surface area contributed by atoms with Crippen molar-refractivity contribution in [3.8, 4) is 11.5 Å². The van der Waals surface area contributed by atoms with Gasteiger partial charge in [0.05, 0.1) is 31.4 Å². The summed E-state index contributed by atoms with van der Waals surface area (Å²) in [5, 5.41) is 0. The van der Waals surface area contributed by atoms with Gasteiger partial charge in [-0.05, 0) is 72.7 Å². The van der Waals surface area contributed by atoms with Crippen molar-refractivity contribution in [2.75, 3.05) is 25.5 Å². The molecule has 0 radical (unpaired) electrons. The zero-order chi connectivity index (χ0) is 26.8. The van der Waals surface area contributed by atoms with E-state index in [1.54, 1.807) is 54.6 Å². The van der Waals surface area contributed by atoms with E-state index in [1.165, 1.54) is 20.3 Å². The molecule has 10 heteroatoms. The third kappa shape index (κ3) is 8.19. The van der Waals surface area contributed by atoms with E-state index >= 15 is 0 Å². The minimum atomic E-state index is -3.78. The summed E-state index contributed by atoms with van der Waals surface area (Å²) in [6.45, 7) is 0.00539. The quantitative estimate of drug-likeness (QED) is 0.302. The van der Waals surface area contributed by atoms with Gasteiger partial charge in [-0.1, -0.05) is 24.3 Å². The summed E-state index contributed by atoms with van der Waals surface area (Å²) in [5.74, 6) is 0.0814. The van der Waals surface area contributed by atoms with Crippen LogP contribution in [-0.4, -0.2) is 35.2 Å². The molecule has 3 aromatic carbocycles. The maximum Gasteiger partial charge on any atom is 0.261 e. The fourth-order valence-corrected chi connectivity index (χ4v) is 4.82. The van der Waals surface area contributed by atoms with Crippen LogP contribution in [0, 0.1) is 5.82 Å². The van der Waals surface area contributed by atoms with Gasteiger partial charge >= 0.3 is 0 Å². The van der Waals surface area contributed by atoms with Crippen molar-refractivity contribution in [1.82, 2.24) is 0 Å². The Labute approximate surface area is 216 Å². The largest absolute Gasteiger partial charge is 0.493 e. The number of nitrogens with one attached hydrogen (secondary N) is 1. The van der Waals surface area contributed by atoms with E-state index in [4.69, 9.17) is 19.9 Å². The average molecular weight is 531 g/mol. The number of primary amides is 1. The zero-order valence-corrected chi connectivity index (χ0v) is 21.6. The third-order valence-electron chi connectivity index (χ3n) is 5.65.